The molecule has 3 nitrogen and oxygen atoms in total. The number of fused-ring (bicyclic) bond motifs is 3. The molecule has 2 unspecified atom stereocenters. The molecule has 206 valence electrons. The number of rotatable bonds is 2. The van der Waals surface area contributed by atoms with Crippen LogP contribution in [0.2, 0.25) is 0 Å². The molecule has 2 bridgehead atoms. The van der Waals surface area contributed by atoms with Gasteiger partial charge in [0.2, 0.25) is 11.4 Å². The first-order valence-corrected chi connectivity index (χ1v) is 15.1. The molecule has 4 aromatic carbocycles. The van der Waals surface area contributed by atoms with Gasteiger partial charge in [0.1, 0.15) is 7.05 Å². The van der Waals surface area contributed by atoms with Crippen LogP contribution in [0.25, 0.3) is 44.5 Å². The topological polar surface area (TPSA) is 29.9 Å². The van der Waals surface area contributed by atoms with Crippen LogP contribution in [0.1, 0.15) is 61.9 Å². The Morgan fingerprint density at radius 2 is 1.37 bits per heavy atom. The van der Waals surface area contributed by atoms with Crippen LogP contribution in [0, 0.1) is 20.8 Å². The predicted molar refractivity (Wildman–Crippen MR) is 173 cm³/mol. The molecule has 7 aromatic rings. The fraction of sp³-hybridized carbons (Fsp3) is 0.150. The highest BCUT2D eigenvalue weighted by Crippen LogP contribution is 2.56. The maximum absolute atomic E-state index is 6.41. The summed E-state index contributed by atoms with van der Waals surface area (Å²) in [5, 5.41) is 2.15. The Labute approximate surface area is 251 Å². The Morgan fingerprint density at radius 3 is 2.16 bits per heavy atom. The van der Waals surface area contributed by atoms with Gasteiger partial charge < -0.3 is 4.42 Å². The minimum Gasteiger partial charge on any atom is -0.437 e. The zero-order valence-corrected chi connectivity index (χ0v) is 24.8. The minimum absolute atomic E-state index is 0.255. The normalized spacial score (nSPS) is 16.4. The van der Waals surface area contributed by atoms with E-state index in [-0.39, 0.29) is 11.8 Å². The highest BCUT2D eigenvalue weighted by molar-refractivity contribution is 6.08. The van der Waals surface area contributed by atoms with Crippen LogP contribution in [-0.2, 0) is 7.05 Å². The summed E-state index contributed by atoms with van der Waals surface area (Å²) in [5.74, 6) is 0.540. The van der Waals surface area contributed by atoms with Gasteiger partial charge in [-0.1, -0.05) is 72.3 Å². The van der Waals surface area contributed by atoms with Gasteiger partial charge >= 0.3 is 0 Å². The smallest absolute Gasteiger partial charge is 0.227 e. The van der Waals surface area contributed by atoms with Crippen molar-refractivity contribution in [1.29, 1.82) is 0 Å². The molecule has 2 atom stereocenters. The molecule has 3 aliphatic carbocycles. The van der Waals surface area contributed by atoms with Crippen molar-refractivity contribution in [3.8, 4) is 22.4 Å². The molecule has 0 fully saturated rings. The molecule has 0 saturated carbocycles. The summed E-state index contributed by atoms with van der Waals surface area (Å²) in [4.78, 5) is 4.51. The molecule has 0 N–H and O–H groups in total. The molecule has 10 rings (SSSR count). The van der Waals surface area contributed by atoms with Crippen LogP contribution < -0.4 is 4.57 Å². The lowest BCUT2D eigenvalue weighted by molar-refractivity contribution is -0.660. The number of hydrogen-bond donors (Lipinski definition) is 0. The van der Waals surface area contributed by atoms with Crippen LogP contribution in [-0.4, -0.2) is 4.98 Å². The molecule has 0 amide bonds. The van der Waals surface area contributed by atoms with Gasteiger partial charge in [0.05, 0.1) is 5.56 Å². The summed E-state index contributed by atoms with van der Waals surface area (Å²) in [7, 11) is 2.13. The van der Waals surface area contributed by atoms with Crippen molar-refractivity contribution >= 4 is 22.1 Å². The van der Waals surface area contributed by atoms with Crippen LogP contribution in [0.3, 0.4) is 0 Å². The largest absolute Gasteiger partial charge is 0.437 e. The van der Waals surface area contributed by atoms with E-state index in [2.05, 4.69) is 128 Å². The van der Waals surface area contributed by atoms with E-state index in [1.807, 2.05) is 6.07 Å². The SMILES string of the molecule is Cc1ccc2c(c1)C1c3ccccc3C2c2cc(-c3cc(-c4c(C)ccc5c4oc4ncccc45)[n+](C)cc3C)ccc21. The van der Waals surface area contributed by atoms with E-state index in [1.165, 1.54) is 61.2 Å². The van der Waals surface area contributed by atoms with Crippen molar-refractivity contribution in [1.82, 2.24) is 4.98 Å². The molecule has 0 aliphatic heterocycles. The Morgan fingerprint density at radius 1 is 0.651 bits per heavy atom. The average molecular weight is 556 g/mol. The number of aromatic nitrogens is 2. The summed E-state index contributed by atoms with van der Waals surface area (Å²) in [5.41, 5.74) is 18.8. The van der Waals surface area contributed by atoms with E-state index in [9.17, 15) is 0 Å². The first kappa shape index (κ1) is 24.6. The number of nitrogens with zero attached hydrogens (tertiary/aromatic N) is 2. The van der Waals surface area contributed by atoms with E-state index in [0.29, 0.717) is 5.71 Å². The van der Waals surface area contributed by atoms with E-state index < -0.39 is 0 Å². The van der Waals surface area contributed by atoms with Crippen LogP contribution >= 0.6 is 0 Å². The van der Waals surface area contributed by atoms with Crippen molar-refractivity contribution in [3.05, 3.63) is 153 Å². The number of hydrogen-bond acceptors (Lipinski definition) is 2. The molecule has 0 saturated heterocycles. The third-order valence-electron chi connectivity index (χ3n) is 9.86. The highest BCUT2D eigenvalue weighted by atomic mass is 16.3. The summed E-state index contributed by atoms with van der Waals surface area (Å²) in [6.45, 7) is 6.59. The molecule has 0 radical (unpaired) electrons. The molecule has 3 heteroatoms. The molecule has 0 spiro atoms. The second kappa shape index (κ2) is 8.75. The lowest BCUT2D eigenvalue weighted by atomic mass is 9.60. The summed E-state index contributed by atoms with van der Waals surface area (Å²) in [6.07, 6.45) is 4.05. The summed E-state index contributed by atoms with van der Waals surface area (Å²) in [6, 6.07) is 34.1. The quantitative estimate of drug-likeness (QED) is 0.199. The Hall–Kier alpha value is -5.02. The van der Waals surface area contributed by atoms with E-state index in [4.69, 9.17) is 4.42 Å². The third kappa shape index (κ3) is 3.36. The maximum Gasteiger partial charge on any atom is 0.227 e. The first-order valence-electron chi connectivity index (χ1n) is 15.1. The first-order chi connectivity index (χ1) is 21.0. The lowest BCUT2D eigenvalue weighted by Crippen LogP contribution is -2.31. The monoisotopic (exact) mass is 555 g/mol. The third-order valence-corrected chi connectivity index (χ3v) is 9.86. The molecule has 3 aromatic heterocycles. The fourth-order valence-electron chi connectivity index (χ4n) is 7.94. The minimum atomic E-state index is 0.255. The zero-order valence-electron chi connectivity index (χ0n) is 24.8. The van der Waals surface area contributed by atoms with Crippen LogP contribution in [0.5, 0.6) is 0 Å². The van der Waals surface area contributed by atoms with Gasteiger partial charge in [0.15, 0.2) is 11.8 Å². The van der Waals surface area contributed by atoms with E-state index in [0.717, 1.165) is 27.6 Å². The fourth-order valence-corrected chi connectivity index (χ4v) is 7.94. The number of furan rings is 1. The molecule has 3 heterocycles. The Kier molecular flexibility index (Phi) is 5.00. The Bertz CT molecular complexity index is 2310. The van der Waals surface area contributed by atoms with Gasteiger partial charge in [-0.05, 0) is 89.0 Å². The maximum atomic E-state index is 6.41. The van der Waals surface area contributed by atoms with Crippen LogP contribution in [0.4, 0.5) is 0 Å². The van der Waals surface area contributed by atoms with Gasteiger partial charge in [0, 0.05) is 40.4 Å². The number of pyridine rings is 2. The Balaban J connectivity index is 1.25. The van der Waals surface area contributed by atoms with Gasteiger partial charge in [-0.15, -0.1) is 0 Å². The summed E-state index contributed by atoms with van der Waals surface area (Å²) >= 11 is 0. The lowest BCUT2D eigenvalue weighted by Gasteiger charge is -2.42. The van der Waals surface area contributed by atoms with Gasteiger partial charge in [0.25, 0.3) is 0 Å². The van der Waals surface area contributed by atoms with Crippen molar-refractivity contribution in [2.24, 2.45) is 7.05 Å². The van der Waals surface area contributed by atoms with E-state index in [1.54, 1.807) is 6.20 Å². The molecular weight excluding hydrogens is 524 g/mol. The summed E-state index contributed by atoms with van der Waals surface area (Å²) < 4.78 is 8.64. The second-order valence-electron chi connectivity index (χ2n) is 12.4. The van der Waals surface area contributed by atoms with Crippen LogP contribution in [0.15, 0.2) is 108 Å². The molecule has 43 heavy (non-hydrogen) atoms. The number of benzene rings is 4. The second-order valence-corrected chi connectivity index (χ2v) is 12.4. The zero-order chi connectivity index (χ0) is 29.0. The van der Waals surface area contributed by atoms with Crippen molar-refractivity contribution < 1.29 is 8.98 Å². The molecular formula is C40H31N2O+. The van der Waals surface area contributed by atoms with Gasteiger partial charge in [-0.25, -0.2) is 9.55 Å². The van der Waals surface area contributed by atoms with Gasteiger partial charge in [-0.2, -0.15) is 0 Å². The van der Waals surface area contributed by atoms with Gasteiger partial charge in [-0.3, -0.25) is 0 Å². The molecule has 3 aliphatic rings. The highest BCUT2D eigenvalue weighted by Gasteiger charge is 2.41. The predicted octanol–water partition coefficient (Wildman–Crippen LogP) is 9.05. The van der Waals surface area contributed by atoms with E-state index >= 15 is 0 Å². The number of aryl methyl sites for hydroxylation is 4. The average Bonchev–Trinajstić information content (AvgIpc) is 3.39. The van der Waals surface area contributed by atoms with Crippen molar-refractivity contribution in [3.63, 3.8) is 0 Å². The standard InChI is InChI=1S/C40H31N2O/c1-22-11-14-28-33(18-22)37-26-8-5-6-9-27(26)38(28)34-19-25(13-16-29(34)37)32-20-35(42(4)21-24(32)3)36-23(2)12-15-30-31-10-7-17-41-40(31)43-39(30)36/h5-21,37-38H,1-4H3/q+1. The van der Waals surface area contributed by atoms with Crippen molar-refractivity contribution in [2.75, 3.05) is 0 Å². The van der Waals surface area contributed by atoms with Crippen molar-refractivity contribution in [2.45, 2.75) is 32.6 Å².